The second kappa shape index (κ2) is 5.11. The number of hydrogen-bond donors (Lipinski definition) is 0. The van der Waals surface area contributed by atoms with E-state index in [9.17, 15) is 4.39 Å². The van der Waals surface area contributed by atoms with Crippen LogP contribution >= 0.6 is 11.6 Å². The number of fused-ring (bicyclic) bond motifs is 1. The summed E-state index contributed by atoms with van der Waals surface area (Å²) in [6, 6.07) is 7.03. The van der Waals surface area contributed by atoms with Crippen molar-refractivity contribution in [3.8, 4) is 5.69 Å². The Bertz CT molecular complexity index is 824. The van der Waals surface area contributed by atoms with Crippen molar-refractivity contribution in [1.82, 2.24) is 14.5 Å². The summed E-state index contributed by atoms with van der Waals surface area (Å²) < 4.78 is 15.7. The van der Waals surface area contributed by atoms with Crippen LogP contribution in [0.1, 0.15) is 29.3 Å². The fraction of sp³-hybridized carbons (Fsp3) is 0.250. The van der Waals surface area contributed by atoms with E-state index in [1.807, 2.05) is 30.5 Å². The van der Waals surface area contributed by atoms with Crippen molar-refractivity contribution in [2.75, 3.05) is 0 Å². The first kappa shape index (κ1) is 14.0. The largest absolute Gasteiger partial charge is 0.279 e. The molecule has 0 N–H and O–H groups in total. The predicted molar refractivity (Wildman–Crippen MR) is 82.6 cm³/mol. The number of nitrogens with zero attached hydrogens (tertiary/aromatic N) is 3. The van der Waals surface area contributed by atoms with Gasteiger partial charge in [-0.15, -0.1) is 11.6 Å². The Morgan fingerprint density at radius 3 is 2.67 bits per heavy atom. The van der Waals surface area contributed by atoms with Crippen molar-refractivity contribution in [3.63, 3.8) is 0 Å². The van der Waals surface area contributed by atoms with Gasteiger partial charge in [-0.2, -0.15) is 0 Å². The van der Waals surface area contributed by atoms with E-state index in [0.29, 0.717) is 22.7 Å². The first-order valence-corrected chi connectivity index (χ1v) is 7.16. The minimum atomic E-state index is -0.302. The molecular formula is C16H15ClFN3. The predicted octanol–water partition coefficient (Wildman–Crippen LogP) is 4.48. The highest BCUT2D eigenvalue weighted by Crippen LogP contribution is 2.28. The molecule has 2 aromatic heterocycles. The lowest BCUT2D eigenvalue weighted by atomic mass is 10.2. The van der Waals surface area contributed by atoms with E-state index in [0.717, 1.165) is 11.1 Å². The zero-order valence-electron chi connectivity index (χ0n) is 12.1. The second-order valence-corrected chi connectivity index (χ2v) is 5.86. The summed E-state index contributed by atoms with van der Waals surface area (Å²) in [6.07, 6.45) is 1.77. The number of halogens is 2. The topological polar surface area (TPSA) is 30.7 Å². The molecule has 0 aliphatic carbocycles. The van der Waals surface area contributed by atoms with E-state index < -0.39 is 0 Å². The van der Waals surface area contributed by atoms with Gasteiger partial charge in [-0.25, -0.2) is 14.4 Å². The molecule has 0 aliphatic heterocycles. The van der Waals surface area contributed by atoms with Crippen LogP contribution in [0.2, 0.25) is 0 Å². The molecule has 1 unspecified atom stereocenters. The van der Waals surface area contributed by atoms with E-state index >= 15 is 0 Å². The summed E-state index contributed by atoms with van der Waals surface area (Å²) >= 11 is 6.24. The SMILES string of the molecule is Cc1cnc2c(c1)nc(C(C)Cl)n2-c1ccc(C)c(F)c1. The van der Waals surface area contributed by atoms with Crippen LogP contribution in [0.25, 0.3) is 16.9 Å². The highest BCUT2D eigenvalue weighted by Gasteiger charge is 2.18. The number of alkyl halides is 1. The number of aryl methyl sites for hydroxylation is 2. The van der Waals surface area contributed by atoms with Crippen LogP contribution < -0.4 is 0 Å². The molecule has 0 amide bonds. The molecule has 108 valence electrons. The average Bonchev–Trinajstić information content (AvgIpc) is 2.80. The molecule has 0 aliphatic rings. The van der Waals surface area contributed by atoms with Gasteiger partial charge in [0.25, 0.3) is 0 Å². The molecule has 0 radical (unpaired) electrons. The molecule has 5 heteroatoms. The lowest BCUT2D eigenvalue weighted by molar-refractivity contribution is 0.617. The maximum atomic E-state index is 13.9. The number of benzene rings is 1. The van der Waals surface area contributed by atoms with Crippen LogP contribution in [0.3, 0.4) is 0 Å². The van der Waals surface area contributed by atoms with Crippen LogP contribution in [-0.2, 0) is 0 Å². The summed E-state index contributed by atoms with van der Waals surface area (Å²) in [5.41, 5.74) is 3.76. The van der Waals surface area contributed by atoms with E-state index in [1.165, 1.54) is 6.07 Å². The summed E-state index contributed by atoms with van der Waals surface area (Å²) in [5, 5.41) is -0.302. The lowest BCUT2D eigenvalue weighted by Gasteiger charge is -2.10. The average molecular weight is 304 g/mol. The van der Waals surface area contributed by atoms with E-state index in [4.69, 9.17) is 11.6 Å². The van der Waals surface area contributed by atoms with Gasteiger partial charge in [0, 0.05) is 6.20 Å². The van der Waals surface area contributed by atoms with Gasteiger partial charge in [0.05, 0.1) is 11.1 Å². The van der Waals surface area contributed by atoms with Crippen molar-refractivity contribution in [1.29, 1.82) is 0 Å². The first-order valence-electron chi connectivity index (χ1n) is 6.73. The highest BCUT2D eigenvalue weighted by molar-refractivity contribution is 6.20. The Balaban J connectivity index is 2.33. The third-order valence-corrected chi connectivity index (χ3v) is 3.62. The van der Waals surface area contributed by atoms with Crippen LogP contribution in [0.5, 0.6) is 0 Å². The van der Waals surface area contributed by atoms with E-state index in [1.54, 1.807) is 19.2 Å². The summed E-state index contributed by atoms with van der Waals surface area (Å²) in [7, 11) is 0. The number of aromatic nitrogens is 3. The Hall–Kier alpha value is -1.94. The Morgan fingerprint density at radius 1 is 1.24 bits per heavy atom. The Labute approximate surface area is 127 Å². The standard InChI is InChI=1S/C16H15ClFN3/c1-9-6-14-16(19-8-9)21(15(20-14)11(3)17)12-5-4-10(2)13(18)7-12/h4-8,11H,1-3H3. The van der Waals surface area contributed by atoms with Gasteiger partial charge in [0.15, 0.2) is 5.65 Å². The number of hydrogen-bond acceptors (Lipinski definition) is 2. The second-order valence-electron chi connectivity index (χ2n) is 5.21. The van der Waals surface area contributed by atoms with Gasteiger partial charge >= 0.3 is 0 Å². The molecule has 2 heterocycles. The minimum Gasteiger partial charge on any atom is -0.279 e. The third kappa shape index (κ3) is 2.40. The van der Waals surface area contributed by atoms with Gasteiger partial charge in [-0.3, -0.25) is 4.57 Å². The van der Waals surface area contributed by atoms with E-state index in [2.05, 4.69) is 9.97 Å². The van der Waals surface area contributed by atoms with Crippen molar-refractivity contribution < 1.29 is 4.39 Å². The fourth-order valence-corrected chi connectivity index (χ4v) is 2.47. The molecule has 0 spiro atoms. The number of imidazole rings is 1. The smallest absolute Gasteiger partial charge is 0.164 e. The summed E-state index contributed by atoms with van der Waals surface area (Å²) in [5.74, 6) is 0.405. The summed E-state index contributed by atoms with van der Waals surface area (Å²) in [4.78, 5) is 8.98. The maximum Gasteiger partial charge on any atom is 0.164 e. The molecule has 0 bridgehead atoms. The van der Waals surface area contributed by atoms with Crippen LogP contribution in [0.4, 0.5) is 4.39 Å². The molecular weight excluding hydrogens is 289 g/mol. The first-order chi connectivity index (χ1) is 9.97. The molecule has 3 nitrogen and oxygen atoms in total. The normalized spacial score (nSPS) is 12.8. The molecule has 1 atom stereocenters. The molecule has 3 rings (SSSR count). The van der Waals surface area contributed by atoms with Crippen LogP contribution in [0.15, 0.2) is 30.5 Å². The van der Waals surface area contributed by atoms with Crippen molar-refractivity contribution >= 4 is 22.8 Å². The number of rotatable bonds is 2. The molecule has 21 heavy (non-hydrogen) atoms. The lowest BCUT2D eigenvalue weighted by Crippen LogP contribution is -2.03. The fourth-order valence-electron chi connectivity index (χ4n) is 2.33. The van der Waals surface area contributed by atoms with Crippen molar-refractivity contribution in [2.24, 2.45) is 0 Å². The quantitative estimate of drug-likeness (QED) is 0.654. The Morgan fingerprint density at radius 2 is 2.00 bits per heavy atom. The Kier molecular flexibility index (Phi) is 3.41. The van der Waals surface area contributed by atoms with Gasteiger partial charge < -0.3 is 0 Å². The van der Waals surface area contributed by atoms with Gasteiger partial charge in [0.2, 0.25) is 0 Å². The highest BCUT2D eigenvalue weighted by atomic mass is 35.5. The third-order valence-electron chi connectivity index (χ3n) is 3.43. The van der Waals surface area contributed by atoms with Gasteiger partial charge in [0.1, 0.15) is 17.2 Å². The van der Waals surface area contributed by atoms with Gasteiger partial charge in [-0.05, 0) is 50.1 Å². The minimum absolute atomic E-state index is 0.255. The molecule has 1 aromatic carbocycles. The van der Waals surface area contributed by atoms with Gasteiger partial charge in [-0.1, -0.05) is 6.07 Å². The number of pyridine rings is 1. The zero-order chi connectivity index (χ0) is 15.1. The van der Waals surface area contributed by atoms with E-state index in [-0.39, 0.29) is 11.2 Å². The zero-order valence-corrected chi connectivity index (χ0v) is 12.8. The summed E-state index contributed by atoms with van der Waals surface area (Å²) in [6.45, 7) is 5.54. The van der Waals surface area contributed by atoms with Crippen LogP contribution in [-0.4, -0.2) is 14.5 Å². The molecule has 3 aromatic rings. The molecule has 0 saturated heterocycles. The monoisotopic (exact) mass is 303 g/mol. The van der Waals surface area contributed by atoms with Crippen molar-refractivity contribution in [2.45, 2.75) is 26.1 Å². The molecule has 0 fully saturated rings. The van der Waals surface area contributed by atoms with Crippen molar-refractivity contribution in [3.05, 3.63) is 53.2 Å². The maximum absolute atomic E-state index is 13.9. The molecule has 0 saturated carbocycles. The van der Waals surface area contributed by atoms with Crippen LogP contribution in [0, 0.1) is 19.7 Å².